The third-order valence-electron chi connectivity index (χ3n) is 16.1. The molecule has 0 fully saturated rings. The van der Waals surface area contributed by atoms with Crippen LogP contribution in [0.5, 0.6) is 0 Å². The monoisotopic (exact) mass is 1130 g/mol. The number of para-hydroxylation sites is 6. The molecule has 12 aromatic rings. The third kappa shape index (κ3) is 11.9. The second-order valence-corrected chi connectivity index (χ2v) is 21.6. The van der Waals surface area contributed by atoms with E-state index in [9.17, 15) is 19.5 Å². The number of carbonyl (C=O) groups is 6. The number of nitrogens with one attached hydrogen (secondary N) is 11. The highest BCUT2D eigenvalue weighted by Crippen LogP contribution is 2.26. The summed E-state index contributed by atoms with van der Waals surface area (Å²) in [6, 6.07) is 37.4. The van der Waals surface area contributed by atoms with E-state index in [0.29, 0.717) is 22.3 Å². The van der Waals surface area contributed by atoms with Crippen molar-refractivity contribution in [1.29, 1.82) is 0 Å². The highest BCUT2D eigenvalue weighted by atomic mass is 16.4. The lowest BCUT2D eigenvalue weighted by Gasteiger charge is -2.27. The average molecular weight is 1140 g/mol. The van der Waals surface area contributed by atoms with Crippen LogP contribution in [0.15, 0.2) is 183 Å². The van der Waals surface area contributed by atoms with Gasteiger partial charge in [-0.3, -0.25) is 24.0 Å². The molecule has 0 unspecified atom stereocenters. The van der Waals surface area contributed by atoms with Crippen LogP contribution in [0, 0.1) is 0 Å². The molecule has 0 aliphatic carbocycles. The van der Waals surface area contributed by atoms with E-state index in [1.165, 1.54) is 0 Å². The number of fused-ring (bicyclic) bond motifs is 6. The lowest BCUT2D eigenvalue weighted by molar-refractivity contribution is -0.142. The topological polar surface area (TPSA) is 304 Å². The SMILES string of the molecule is N[C@H](Cc1c[nH]c2ccccc12)C(=O)N[C@H](Cc1c[nH]c2ccccc12)C(=O)N[C@H](Cc1c[nH]c2ccccc12)C(=O)N[C@@H](Cc1c[nH]c2ccccc12)C(=O)N[C@@H](Cc1c[nH]c2ccccc12)C(=O)N[C@@H](Cc1c[nH]c2ccccc12)C(=O)O. The summed E-state index contributed by atoms with van der Waals surface area (Å²) in [5.74, 6) is -4.82. The number of hydrogen-bond acceptors (Lipinski definition) is 7. The summed E-state index contributed by atoms with van der Waals surface area (Å²) in [5.41, 5.74) is 15.8. The van der Waals surface area contributed by atoms with Crippen LogP contribution in [-0.2, 0) is 67.3 Å². The first-order valence-corrected chi connectivity index (χ1v) is 28.2. The molecule has 428 valence electrons. The molecule has 0 saturated heterocycles. The van der Waals surface area contributed by atoms with Crippen molar-refractivity contribution in [1.82, 2.24) is 56.5 Å². The summed E-state index contributed by atoms with van der Waals surface area (Å²) in [5, 5.41) is 30.1. The molecule has 14 N–H and O–H groups in total. The zero-order chi connectivity index (χ0) is 58.6. The quantitative estimate of drug-likeness (QED) is 0.0311. The van der Waals surface area contributed by atoms with Crippen molar-refractivity contribution in [2.75, 3.05) is 0 Å². The van der Waals surface area contributed by atoms with E-state index in [4.69, 9.17) is 5.73 Å². The van der Waals surface area contributed by atoms with Gasteiger partial charge in [-0.2, -0.15) is 0 Å². The fourth-order valence-electron chi connectivity index (χ4n) is 11.6. The molecule has 6 heterocycles. The number of nitrogens with two attached hydrogens (primary N) is 1. The molecule has 12 rings (SSSR count). The minimum Gasteiger partial charge on any atom is -0.480 e. The highest BCUT2D eigenvalue weighted by Gasteiger charge is 2.35. The number of hydrogen-bond donors (Lipinski definition) is 13. The second-order valence-electron chi connectivity index (χ2n) is 21.6. The Morgan fingerprint density at radius 1 is 0.306 bits per heavy atom. The second kappa shape index (κ2) is 24.0. The fourth-order valence-corrected chi connectivity index (χ4v) is 11.6. The van der Waals surface area contributed by atoms with Crippen LogP contribution in [0.3, 0.4) is 0 Å². The smallest absolute Gasteiger partial charge is 0.326 e. The molecule has 6 aromatic carbocycles. The van der Waals surface area contributed by atoms with Gasteiger partial charge in [0.2, 0.25) is 29.5 Å². The van der Waals surface area contributed by atoms with E-state index in [1.54, 1.807) is 31.0 Å². The number of carbonyl (C=O) groups excluding carboxylic acids is 5. The Morgan fingerprint density at radius 3 is 0.753 bits per heavy atom. The molecule has 6 aromatic heterocycles. The molecular formula is C66H62N12O7. The van der Waals surface area contributed by atoms with E-state index < -0.39 is 71.8 Å². The number of aliphatic carboxylic acids is 1. The molecule has 5 amide bonds. The van der Waals surface area contributed by atoms with Gasteiger partial charge < -0.3 is 67.3 Å². The molecule has 0 aliphatic heterocycles. The van der Waals surface area contributed by atoms with Gasteiger partial charge in [-0.15, -0.1) is 0 Å². The van der Waals surface area contributed by atoms with Crippen LogP contribution in [0.1, 0.15) is 33.4 Å². The molecule has 0 radical (unpaired) electrons. The van der Waals surface area contributed by atoms with E-state index in [2.05, 4.69) is 56.5 Å². The maximum Gasteiger partial charge on any atom is 0.326 e. The summed E-state index contributed by atoms with van der Waals surface area (Å²) in [6.07, 6.45) is 10.5. The van der Waals surface area contributed by atoms with Crippen LogP contribution in [0.4, 0.5) is 0 Å². The van der Waals surface area contributed by atoms with Gasteiger partial charge >= 0.3 is 5.97 Å². The summed E-state index contributed by atoms with van der Waals surface area (Å²) >= 11 is 0. The number of rotatable bonds is 23. The Bertz CT molecular complexity index is 4450. The van der Waals surface area contributed by atoms with Gasteiger partial charge in [-0.25, -0.2) is 4.79 Å². The van der Waals surface area contributed by atoms with Gasteiger partial charge in [0.15, 0.2) is 0 Å². The molecule has 19 nitrogen and oxygen atoms in total. The van der Waals surface area contributed by atoms with E-state index in [-0.39, 0.29) is 38.5 Å². The molecule has 0 aliphatic rings. The number of carboxylic acids is 1. The normalized spacial score (nSPS) is 13.8. The predicted molar refractivity (Wildman–Crippen MR) is 327 cm³/mol. The van der Waals surface area contributed by atoms with E-state index in [1.807, 2.05) is 152 Å². The van der Waals surface area contributed by atoms with Crippen LogP contribution in [-0.4, -0.2) is 107 Å². The van der Waals surface area contributed by atoms with Crippen molar-refractivity contribution in [2.24, 2.45) is 5.73 Å². The first-order chi connectivity index (χ1) is 41.4. The lowest BCUT2D eigenvalue weighted by Crippen LogP contribution is -2.60. The van der Waals surface area contributed by atoms with Gasteiger partial charge in [0, 0.05) is 135 Å². The summed E-state index contributed by atoms with van der Waals surface area (Å²) in [4.78, 5) is 108. The number of carboxylic acid groups (broad SMARTS) is 1. The van der Waals surface area contributed by atoms with Crippen molar-refractivity contribution >= 4 is 101 Å². The van der Waals surface area contributed by atoms with Gasteiger partial charge in [0.05, 0.1) is 6.04 Å². The minimum absolute atomic E-state index is 0.0127. The number of H-pyrrole nitrogens is 6. The Kier molecular flexibility index (Phi) is 15.5. The summed E-state index contributed by atoms with van der Waals surface area (Å²) in [7, 11) is 0. The van der Waals surface area contributed by atoms with Gasteiger partial charge in [0.25, 0.3) is 0 Å². The molecule has 0 saturated carbocycles. The first-order valence-electron chi connectivity index (χ1n) is 28.2. The first kappa shape index (κ1) is 54.9. The number of aromatic nitrogens is 6. The highest BCUT2D eigenvalue weighted by molar-refractivity contribution is 5.99. The molecule has 0 bridgehead atoms. The van der Waals surface area contributed by atoms with Crippen LogP contribution in [0.25, 0.3) is 65.4 Å². The van der Waals surface area contributed by atoms with E-state index >= 15 is 14.4 Å². The van der Waals surface area contributed by atoms with Gasteiger partial charge in [-0.1, -0.05) is 109 Å². The van der Waals surface area contributed by atoms with Crippen molar-refractivity contribution in [3.8, 4) is 0 Å². The number of benzene rings is 6. The van der Waals surface area contributed by atoms with Crippen molar-refractivity contribution in [3.63, 3.8) is 0 Å². The van der Waals surface area contributed by atoms with Crippen LogP contribution >= 0.6 is 0 Å². The largest absolute Gasteiger partial charge is 0.480 e. The summed E-state index contributed by atoms with van der Waals surface area (Å²) in [6.45, 7) is 0. The number of aromatic amines is 6. The Hall–Kier alpha value is -10.7. The minimum atomic E-state index is -1.40. The van der Waals surface area contributed by atoms with Crippen molar-refractivity contribution < 1.29 is 33.9 Å². The third-order valence-corrected chi connectivity index (χ3v) is 16.1. The van der Waals surface area contributed by atoms with Crippen molar-refractivity contribution in [3.05, 3.63) is 216 Å². The fraction of sp³-hybridized carbons (Fsp3) is 0.182. The van der Waals surface area contributed by atoms with Crippen LogP contribution in [0.2, 0.25) is 0 Å². The maximum atomic E-state index is 15.5. The standard InChI is InChI=1S/C66H62N12O7/c67-49(25-37-31-68-50-19-7-1-13-43(37)50)61(79)74-56(26-38-32-69-51-20-8-2-14-44(38)51)62(80)75-57(27-39-33-70-52-21-9-3-15-45(39)52)63(81)76-58(28-40-34-71-53-22-10-4-16-46(40)53)64(82)77-59(29-41-35-72-54-23-11-5-17-47(41)54)65(83)78-60(66(84)85)30-42-36-73-55-24-12-6-18-48(42)55/h1-24,31-36,49,56-60,68-73H,25-30,67H2,(H,74,79)(H,75,80)(H,76,81)(H,77,82)(H,78,83)(H,84,85)/t49-,56-,57-,58+,59+,60+/m1/s1. The molecule has 0 spiro atoms. The van der Waals surface area contributed by atoms with E-state index in [0.717, 1.165) is 76.5 Å². The number of amides is 5. The molecular weight excluding hydrogens is 1070 g/mol. The zero-order valence-corrected chi connectivity index (χ0v) is 46.0. The van der Waals surface area contributed by atoms with Gasteiger partial charge in [-0.05, 0) is 76.2 Å². The molecule has 85 heavy (non-hydrogen) atoms. The maximum absolute atomic E-state index is 15.5. The Balaban J connectivity index is 0.866. The molecule has 6 atom stereocenters. The lowest BCUT2D eigenvalue weighted by atomic mass is 9.99. The molecule has 19 heteroatoms. The van der Waals surface area contributed by atoms with Crippen molar-refractivity contribution in [2.45, 2.75) is 74.8 Å². The Labute approximate surface area is 485 Å². The summed E-state index contributed by atoms with van der Waals surface area (Å²) < 4.78 is 0. The van der Waals surface area contributed by atoms with Crippen LogP contribution < -0.4 is 32.3 Å². The van der Waals surface area contributed by atoms with Gasteiger partial charge in [0.1, 0.15) is 30.2 Å². The predicted octanol–water partition coefficient (Wildman–Crippen LogP) is 7.17. The Morgan fingerprint density at radius 2 is 0.506 bits per heavy atom. The average Bonchev–Trinajstić information content (AvgIpc) is 4.63. The zero-order valence-electron chi connectivity index (χ0n) is 46.0.